The maximum Gasteiger partial charge on any atom is 0.387 e. The van der Waals surface area contributed by atoms with Crippen LogP contribution in [0.5, 0.6) is 5.75 Å². The topological polar surface area (TPSA) is 54.5 Å². The lowest BCUT2D eigenvalue weighted by Gasteiger charge is -2.21. The van der Waals surface area contributed by atoms with E-state index in [1.807, 2.05) is 0 Å². The molecule has 8 heteroatoms. The fourth-order valence-electron chi connectivity index (χ4n) is 2.55. The van der Waals surface area contributed by atoms with Crippen LogP contribution in [0.3, 0.4) is 0 Å². The Balaban J connectivity index is 1.91. The van der Waals surface area contributed by atoms with Gasteiger partial charge in [-0.15, -0.1) is 0 Å². The Labute approximate surface area is 136 Å². The van der Waals surface area contributed by atoms with E-state index in [0.717, 1.165) is 0 Å². The Bertz CT molecular complexity index is 783. The van der Waals surface area contributed by atoms with E-state index in [-0.39, 0.29) is 24.4 Å². The lowest BCUT2D eigenvalue weighted by Crippen LogP contribution is -2.34. The molecule has 1 aliphatic heterocycles. The number of carbonyl (C=O) groups is 1. The second kappa shape index (κ2) is 6.38. The number of carbonyl (C=O) groups excluding carboxylic acids is 1. The molecule has 5 nitrogen and oxygen atoms in total. The summed E-state index contributed by atoms with van der Waals surface area (Å²) < 4.78 is 43.2. The molecular formula is C16H14F3N3O2. The van der Waals surface area contributed by atoms with Gasteiger partial charge in [-0.2, -0.15) is 8.78 Å². The van der Waals surface area contributed by atoms with Gasteiger partial charge in [0.25, 0.3) is 0 Å². The normalized spacial score (nSPS) is 14.2. The first-order chi connectivity index (χ1) is 11.5. The summed E-state index contributed by atoms with van der Waals surface area (Å²) in [7, 11) is 0. The fourth-order valence-corrected chi connectivity index (χ4v) is 2.55. The van der Waals surface area contributed by atoms with E-state index in [9.17, 15) is 18.0 Å². The van der Waals surface area contributed by atoms with Crippen molar-refractivity contribution < 1.29 is 22.7 Å². The van der Waals surface area contributed by atoms with Crippen molar-refractivity contribution in [2.45, 2.75) is 20.0 Å². The minimum atomic E-state index is -2.99. The number of nitrogens with zero attached hydrogens (tertiary/aromatic N) is 2. The first-order valence-electron chi connectivity index (χ1n) is 7.23. The number of hydrogen-bond acceptors (Lipinski definition) is 3. The molecule has 126 valence electrons. The molecule has 0 saturated carbocycles. The van der Waals surface area contributed by atoms with Crippen molar-refractivity contribution in [3.05, 3.63) is 47.5 Å². The van der Waals surface area contributed by atoms with E-state index in [1.165, 1.54) is 36.2 Å². The van der Waals surface area contributed by atoms with Gasteiger partial charge in [0.15, 0.2) is 0 Å². The summed E-state index contributed by atoms with van der Waals surface area (Å²) in [5.74, 6) is -0.512. The number of amides is 2. The van der Waals surface area contributed by atoms with Crippen molar-refractivity contribution in [1.82, 2.24) is 4.98 Å². The van der Waals surface area contributed by atoms with Crippen LogP contribution < -0.4 is 15.0 Å². The number of pyridine rings is 1. The highest BCUT2D eigenvalue weighted by atomic mass is 19.3. The number of urea groups is 1. The number of rotatable bonds is 3. The third-order valence-electron chi connectivity index (χ3n) is 3.74. The molecule has 1 aromatic carbocycles. The van der Waals surface area contributed by atoms with Gasteiger partial charge in [0.05, 0.1) is 17.6 Å². The zero-order valence-electron chi connectivity index (χ0n) is 12.7. The van der Waals surface area contributed by atoms with Crippen molar-refractivity contribution in [1.29, 1.82) is 0 Å². The highest BCUT2D eigenvalue weighted by Crippen LogP contribution is 2.29. The van der Waals surface area contributed by atoms with Gasteiger partial charge in [0.2, 0.25) is 0 Å². The number of halogens is 3. The minimum Gasteiger partial charge on any atom is -0.433 e. The van der Waals surface area contributed by atoms with Crippen molar-refractivity contribution in [2.75, 3.05) is 16.8 Å². The smallest absolute Gasteiger partial charge is 0.387 e. The molecule has 2 amide bonds. The highest BCUT2D eigenvalue weighted by Gasteiger charge is 2.24. The van der Waals surface area contributed by atoms with Crippen molar-refractivity contribution in [2.24, 2.45) is 0 Å². The molecule has 0 atom stereocenters. The van der Waals surface area contributed by atoms with Crippen LogP contribution in [0.25, 0.3) is 0 Å². The summed E-state index contributed by atoms with van der Waals surface area (Å²) >= 11 is 0. The Hall–Kier alpha value is -2.77. The number of alkyl halides is 2. The summed E-state index contributed by atoms with van der Waals surface area (Å²) in [6.45, 7) is -1.29. The first-order valence-corrected chi connectivity index (χ1v) is 7.23. The number of aromatic nitrogens is 1. The number of anilines is 2. The lowest BCUT2D eigenvalue weighted by molar-refractivity contribution is -0.0505. The van der Waals surface area contributed by atoms with Crippen LogP contribution >= 0.6 is 0 Å². The Morgan fingerprint density at radius 3 is 2.92 bits per heavy atom. The van der Waals surface area contributed by atoms with Crippen molar-refractivity contribution >= 4 is 17.4 Å². The number of benzene rings is 1. The zero-order chi connectivity index (χ0) is 17.3. The van der Waals surface area contributed by atoms with Crippen LogP contribution in [-0.4, -0.2) is 24.2 Å². The van der Waals surface area contributed by atoms with Crippen molar-refractivity contribution in [3.63, 3.8) is 0 Å². The molecule has 24 heavy (non-hydrogen) atoms. The second-order valence-corrected chi connectivity index (χ2v) is 5.25. The van der Waals surface area contributed by atoms with Crippen LogP contribution in [-0.2, 0) is 6.42 Å². The fraction of sp³-hybridized carbons (Fsp3) is 0.250. The van der Waals surface area contributed by atoms with Crippen LogP contribution in [0, 0.1) is 12.7 Å². The maximum absolute atomic E-state index is 13.9. The van der Waals surface area contributed by atoms with Gasteiger partial charge in [0, 0.05) is 23.9 Å². The van der Waals surface area contributed by atoms with Gasteiger partial charge >= 0.3 is 12.6 Å². The molecule has 0 saturated heterocycles. The summed E-state index contributed by atoms with van der Waals surface area (Å²) in [6, 6.07) is 5.27. The zero-order valence-corrected chi connectivity index (χ0v) is 12.7. The summed E-state index contributed by atoms with van der Waals surface area (Å²) in [5, 5.41) is 2.62. The van der Waals surface area contributed by atoms with Gasteiger partial charge < -0.3 is 10.1 Å². The van der Waals surface area contributed by atoms with E-state index in [0.29, 0.717) is 16.9 Å². The molecule has 0 radical (unpaired) electrons. The molecular weight excluding hydrogens is 323 g/mol. The van der Waals surface area contributed by atoms with Gasteiger partial charge in [-0.05, 0) is 25.5 Å². The summed E-state index contributed by atoms with van der Waals surface area (Å²) in [6.07, 6.45) is 1.67. The van der Waals surface area contributed by atoms with E-state index in [1.54, 1.807) is 6.07 Å². The van der Waals surface area contributed by atoms with Crippen LogP contribution in [0.2, 0.25) is 0 Å². The largest absolute Gasteiger partial charge is 0.433 e. The van der Waals surface area contributed by atoms with E-state index in [4.69, 9.17) is 0 Å². The molecule has 2 aromatic rings. The number of aryl methyl sites for hydroxylation is 1. The molecule has 3 rings (SSSR count). The van der Waals surface area contributed by atoms with Crippen LogP contribution in [0.1, 0.15) is 11.3 Å². The molecule has 0 aliphatic carbocycles. The van der Waals surface area contributed by atoms with Crippen LogP contribution in [0.15, 0.2) is 30.5 Å². The Morgan fingerprint density at radius 2 is 2.17 bits per heavy atom. The van der Waals surface area contributed by atoms with Crippen molar-refractivity contribution in [3.8, 4) is 5.75 Å². The number of hydrogen-bond donors (Lipinski definition) is 1. The van der Waals surface area contributed by atoms with Gasteiger partial charge in [-0.3, -0.25) is 9.88 Å². The number of fused-ring (bicyclic) bond motifs is 1. The van der Waals surface area contributed by atoms with E-state index in [2.05, 4.69) is 15.0 Å². The third kappa shape index (κ3) is 3.12. The van der Waals surface area contributed by atoms with Gasteiger partial charge in [0.1, 0.15) is 11.6 Å². The van der Waals surface area contributed by atoms with Gasteiger partial charge in [-0.25, -0.2) is 9.18 Å². The first kappa shape index (κ1) is 16.1. The SMILES string of the molecule is Cc1ncc(N2CCc3c(F)cccc3NC2=O)cc1OC(F)F. The molecule has 1 N–H and O–H groups in total. The second-order valence-electron chi connectivity index (χ2n) is 5.25. The predicted molar refractivity (Wildman–Crippen MR) is 82.1 cm³/mol. The van der Waals surface area contributed by atoms with Crippen LogP contribution in [0.4, 0.5) is 29.3 Å². The average molecular weight is 337 g/mol. The lowest BCUT2D eigenvalue weighted by atomic mass is 10.1. The summed E-state index contributed by atoms with van der Waals surface area (Å²) in [5.41, 5.74) is 1.37. The van der Waals surface area contributed by atoms with E-state index < -0.39 is 18.5 Å². The monoisotopic (exact) mass is 337 g/mol. The predicted octanol–water partition coefficient (Wildman–Crippen LogP) is 3.73. The summed E-state index contributed by atoms with van der Waals surface area (Å²) in [4.78, 5) is 17.7. The maximum atomic E-state index is 13.9. The molecule has 1 aromatic heterocycles. The third-order valence-corrected chi connectivity index (χ3v) is 3.74. The quantitative estimate of drug-likeness (QED) is 0.929. The molecule has 0 spiro atoms. The van der Waals surface area contributed by atoms with E-state index >= 15 is 0 Å². The molecule has 0 bridgehead atoms. The number of nitrogens with one attached hydrogen (secondary N) is 1. The average Bonchev–Trinajstić information content (AvgIpc) is 2.68. The molecule has 2 heterocycles. The number of ether oxygens (including phenoxy) is 1. The highest BCUT2D eigenvalue weighted by molar-refractivity contribution is 6.03. The Morgan fingerprint density at radius 1 is 1.38 bits per heavy atom. The van der Waals surface area contributed by atoms with Gasteiger partial charge in [-0.1, -0.05) is 6.07 Å². The molecule has 1 aliphatic rings. The standard InChI is InChI=1S/C16H14F3N3O2/c1-9-14(24-15(18)19)7-10(8-20-9)22-6-5-11-12(17)3-2-4-13(11)21-16(22)23/h2-4,7-8,15H,5-6H2,1H3,(H,21,23). The molecule has 0 unspecified atom stereocenters. The minimum absolute atomic E-state index is 0.108. The molecule has 0 fully saturated rings. The Kier molecular flexibility index (Phi) is 4.28.